The number of hydrogen-bond acceptors (Lipinski definition) is 4. The van der Waals surface area contributed by atoms with Crippen molar-refractivity contribution in [3.63, 3.8) is 0 Å². The number of nitro benzene ring substituents is 1. The van der Waals surface area contributed by atoms with Crippen LogP contribution in [0.5, 0.6) is 0 Å². The molecule has 19 heavy (non-hydrogen) atoms. The molecule has 2 aromatic rings. The summed E-state index contributed by atoms with van der Waals surface area (Å²) in [6.07, 6.45) is 1.88. The molecule has 0 amide bonds. The largest absolute Gasteiger partial charge is 0.378 e. The van der Waals surface area contributed by atoms with Gasteiger partial charge in [-0.25, -0.2) is 0 Å². The van der Waals surface area contributed by atoms with Crippen molar-refractivity contribution in [2.24, 2.45) is 7.05 Å². The summed E-state index contributed by atoms with van der Waals surface area (Å²) in [7, 11) is 1.85. The Morgan fingerprint density at radius 2 is 2.26 bits per heavy atom. The highest BCUT2D eigenvalue weighted by Gasteiger charge is 2.12. The molecule has 0 radical (unpaired) electrons. The molecular weight excluding hydrogens is 312 g/mol. The van der Waals surface area contributed by atoms with Crippen LogP contribution in [-0.2, 0) is 13.6 Å². The molecule has 7 heteroatoms. The topological polar surface area (TPSA) is 73.0 Å². The normalized spacial score (nSPS) is 10.5. The number of aryl methyl sites for hydroxylation is 2. The van der Waals surface area contributed by atoms with E-state index in [0.29, 0.717) is 11.0 Å². The number of benzene rings is 1. The summed E-state index contributed by atoms with van der Waals surface area (Å²) >= 11 is 3.17. The maximum atomic E-state index is 10.8. The van der Waals surface area contributed by atoms with Crippen LogP contribution in [0.15, 0.2) is 28.9 Å². The first-order valence-corrected chi connectivity index (χ1v) is 6.43. The van der Waals surface area contributed by atoms with Crippen molar-refractivity contribution in [1.29, 1.82) is 0 Å². The molecule has 0 bridgehead atoms. The fraction of sp³-hybridized carbons (Fsp3) is 0.250. The average molecular weight is 325 g/mol. The van der Waals surface area contributed by atoms with Gasteiger partial charge < -0.3 is 5.32 Å². The standard InChI is InChI=1S/C12H13BrN4O2/c1-8-11(7-16(2)15-8)14-6-9-3-4-10(13)12(5-9)17(18)19/h3-5,7,14H,6H2,1-2H3. The molecule has 0 unspecified atom stereocenters. The number of aromatic nitrogens is 2. The van der Waals surface area contributed by atoms with Crippen LogP contribution in [0.4, 0.5) is 11.4 Å². The van der Waals surface area contributed by atoms with Crippen molar-refractivity contribution in [1.82, 2.24) is 9.78 Å². The smallest absolute Gasteiger partial charge is 0.283 e. The molecule has 0 saturated heterocycles. The molecule has 1 aromatic heterocycles. The summed E-state index contributed by atoms with van der Waals surface area (Å²) < 4.78 is 2.21. The molecule has 0 aliphatic rings. The van der Waals surface area contributed by atoms with Crippen molar-refractivity contribution in [3.05, 3.63) is 50.2 Å². The van der Waals surface area contributed by atoms with Gasteiger partial charge in [-0.3, -0.25) is 14.8 Å². The predicted molar refractivity (Wildman–Crippen MR) is 76.1 cm³/mol. The molecule has 100 valence electrons. The first-order valence-electron chi connectivity index (χ1n) is 5.64. The van der Waals surface area contributed by atoms with Crippen LogP contribution in [0, 0.1) is 17.0 Å². The number of hydrogen-bond donors (Lipinski definition) is 1. The van der Waals surface area contributed by atoms with Crippen LogP contribution in [0.25, 0.3) is 0 Å². The van der Waals surface area contributed by atoms with E-state index in [4.69, 9.17) is 0 Å². The highest BCUT2D eigenvalue weighted by Crippen LogP contribution is 2.26. The molecule has 2 rings (SSSR count). The van der Waals surface area contributed by atoms with Crippen LogP contribution < -0.4 is 5.32 Å². The fourth-order valence-electron chi connectivity index (χ4n) is 1.78. The minimum Gasteiger partial charge on any atom is -0.378 e. The maximum absolute atomic E-state index is 10.8. The lowest BCUT2D eigenvalue weighted by molar-refractivity contribution is -0.385. The van der Waals surface area contributed by atoms with Gasteiger partial charge in [0.15, 0.2) is 0 Å². The van der Waals surface area contributed by atoms with Crippen LogP contribution in [0.2, 0.25) is 0 Å². The SMILES string of the molecule is Cc1nn(C)cc1NCc1ccc(Br)c([N+](=O)[O-])c1. The second-order valence-electron chi connectivity index (χ2n) is 4.20. The molecule has 0 spiro atoms. The molecular formula is C12H13BrN4O2. The van der Waals surface area contributed by atoms with Gasteiger partial charge in [0.25, 0.3) is 5.69 Å². The molecule has 6 nitrogen and oxygen atoms in total. The van der Waals surface area contributed by atoms with Gasteiger partial charge in [-0.2, -0.15) is 5.10 Å². The Bertz CT molecular complexity index is 624. The summed E-state index contributed by atoms with van der Waals surface area (Å²) in [4.78, 5) is 10.4. The molecule has 0 aliphatic heterocycles. The van der Waals surface area contributed by atoms with Crippen LogP contribution in [-0.4, -0.2) is 14.7 Å². The summed E-state index contributed by atoms with van der Waals surface area (Å²) in [6, 6.07) is 5.09. The van der Waals surface area contributed by atoms with Crippen LogP contribution in [0.3, 0.4) is 0 Å². The number of nitrogens with zero attached hydrogens (tertiary/aromatic N) is 3. The first kappa shape index (κ1) is 13.5. The van der Waals surface area contributed by atoms with E-state index in [1.807, 2.05) is 26.2 Å². The summed E-state index contributed by atoms with van der Waals surface area (Å²) in [5.74, 6) is 0. The van der Waals surface area contributed by atoms with Gasteiger partial charge >= 0.3 is 0 Å². The van der Waals surface area contributed by atoms with E-state index in [-0.39, 0.29) is 5.69 Å². The van der Waals surface area contributed by atoms with E-state index >= 15 is 0 Å². The molecule has 1 aromatic carbocycles. The monoisotopic (exact) mass is 324 g/mol. The third-order valence-electron chi connectivity index (χ3n) is 2.70. The lowest BCUT2D eigenvalue weighted by Gasteiger charge is -2.05. The van der Waals surface area contributed by atoms with Gasteiger partial charge in [-0.15, -0.1) is 0 Å². The fourth-order valence-corrected chi connectivity index (χ4v) is 2.17. The molecule has 0 atom stereocenters. The number of rotatable bonds is 4. The second kappa shape index (κ2) is 5.40. The van der Waals surface area contributed by atoms with Crippen molar-refractivity contribution in [3.8, 4) is 0 Å². The Morgan fingerprint density at radius 3 is 2.84 bits per heavy atom. The highest BCUT2D eigenvalue weighted by molar-refractivity contribution is 9.10. The lowest BCUT2D eigenvalue weighted by atomic mass is 10.2. The third kappa shape index (κ3) is 3.11. The molecule has 1 N–H and O–H groups in total. The van der Waals surface area contributed by atoms with Crippen LogP contribution >= 0.6 is 15.9 Å². The third-order valence-corrected chi connectivity index (χ3v) is 3.37. The Morgan fingerprint density at radius 1 is 1.53 bits per heavy atom. The zero-order chi connectivity index (χ0) is 14.0. The molecule has 0 saturated carbocycles. The minimum atomic E-state index is -0.400. The van der Waals surface area contributed by atoms with E-state index in [1.54, 1.807) is 16.8 Å². The van der Waals surface area contributed by atoms with Gasteiger partial charge in [0, 0.05) is 25.9 Å². The number of nitro groups is 1. The van der Waals surface area contributed by atoms with Crippen molar-refractivity contribution < 1.29 is 4.92 Å². The summed E-state index contributed by atoms with van der Waals surface area (Å²) in [5.41, 5.74) is 2.74. The Kier molecular flexibility index (Phi) is 3.84. The Balaban J connectivity index is 2.14. The lowest BCUT2D eigenvalue weighted by Crippen LogP contribution is -2.01. The van der Waals surface area contributed by atoms with Gasteiger partial charge in [-0.05, 0) is 34.5 Å². The first-order chi connectivity index (χ1) is 8.97. The second-order valence-corrected chi connectivity index (χ2v) is 5.05. The van der Waals surface area contributed by atoms with Crippen LogP contribution in [0.1, 0.15) is 11.3 Å². The zero-order valence-corrected chi connectivity index (χ0v) is 12.1. The Hall–Kier alpha value is -1.89. The summed E-state index contributed by atoms with van der Waals surface area (Å²) in [6.45, 7) is 2.42. The molecule has 0 fully saturated rings. The molecule has 1 heterocycles. The Labute approximate surface area is 118 Å². The van der Waals surface area contributed by atoms with E-state index in [9.17, 15) is 10.1 Å². The average Bonchev–Trinajstić information content (AvgIpc) is 2.66. The summed E-state index contributed by atoms with van der Waals surface area (Å²) in [5, 5.41) is 18.3. The quantitative estimate of drug-likeness (QED) is 0.693. The van der Waals surface area contributed by atoms with Gasteiger partial charge in [0.05, 0.1) is 20.8 Å². The predicted octanol–water partition coefficient (Wildman–Crippen LogP) is 3.01. The highest BCUT2D eigenvalue weighted by atomic mass is 79.9. The number of halogens is 1. The van der Waals surface area contributed by atoms with Gasteiger partial charge in [0.2, 0.25) is 0 Å². The maximum Gasteiger partial charge on any atom is 0.283 e. The van der Waals surface area contributed by atoms with Crippen molar-refractivity contribution >= 4 is 27.3 Å². The van der Waals surface area contributed by atoms with Crippen molar-refractivity contribution in [2.75, 3.05) is 5.32 Å². The van der Waals surface area contributed by atoms with Gasteiger partial charge in [0.1, 0.15) is 0 Å². The van der Waals surface area contributed by atoms with E-state index < -0.39 is 4.92 Å². The molecule has 0 aliphatic carbocycles. The minimum absolute atomic E-state index is 0.0715. The van der Waals surface area contributed by atoms with Crippen molar-refractivity contribution in [2.45, 2.75) is 13.5 Å². The number of nitrogens with one attached hydrogen (secondary N) is 1. The zero-order valence-electron chi connectivity index (χ0n) is 10.6. The number of anilines is 1. The van der Waals surface area contributed by atoms with E-state index in [0.717, 1.165) is 16.9 Å². The van der Waals surface area contributed by atoms with E-state index in [2.05, 4.69) is 26.3 Å². The van der Waals surface area contributed by atoms with E-state index in [1.165, 1.54) is 0 Å². The van der Waals surface area contributed by atoms with Gasteiger partial charge in [-0.1, -0.05) is 6.07 Å².